The normalized spacial score (nSPS) is 21.8. The van der Waals surface area contributed by atoms with E-state index in [-0.39, 0.29) is 0 Å². The molecule has 2 N–H and O–H groups in total. The summed E-state index contributed by atoms with van der Waals surface area (Å²) < 4.78 is 13.8. The van der Waals surface area contributed by atoms with Gasteiger partial charge in [0, 0.05) is 0 Å². The number of hydrogen-bond donors (Lipinski definition) is 2. The summed E-state index contributed by atoms with van der Waals surface area (Å²) in [6.45, 7) is 1.65. The van der Waals surface area contributed by atoms with E-state index in [9.17, 15) is 0 Å². The van der Waals surface area contributed by atoms with Gasteiger partial charge in [0.15, 0.2) is 0 Å². The number of hydrogen-bond acceptors (Lipinski definition) is 6. The van der Waals surface area contributed by atoms with Crippen molar-refractivity contribution >= 4 is 0 Å². The van der Waals surface area contributed by atoms with Crippen LogP contribution in [0.15, 0.2) is 0 Å². The summed E-state index contributed by atoms with van der Waals surface area (Å²) in [5.41, 5.74) is 0. The van der Waals surface area contributed by atoms with Crippen molar-refractivity contribution in [3.05, 3.63) is 20.2 Å². The zero-order chi connectivity index (χ0) is 14.6. The van der Waals surface area contributed by atoms with Gasteiger partial charge in [-0.25, -0.2) is 0 Å². The van der Waals surface area contributed by atoms with Crippen LogP contribution in [0.4, 0.5) is 0 Å². The standard InChI is InChI=1S/C6H10O2.2Hg.2HNO3/c1-5-6(2)8-4-3-7-5;;;2*2-1(3)4/h5-6H,1-4H2;;;2*(H,2,3,4). The Morgan fingerprint density at radius 3 is 1.39 bits per heavy atom. The van der Waals surface area contributed by atoms with Crippen molar-refractivity contribution in [3.63, 3.8) is 0 Å². The first kappa shape index (κ1) is 20.5. The van der Waals surface area contributed by atoms with Crippen molar-refractivity contribution in [2.75, 3.05) is 13.2 Å². The summed E-state index contributed by atoms with van der Waals surface area (Å²) in [5.74, 6) is 0. The van der Waals surface area contributed by atoms with Crippen LogP contribution in [-0.2, 0) is 61.7 Å². The fourth-order valence-electron chi connectivity index (χ4n) is 1.15. The second-order valence-corrected chi connectivity index (χ2v) is 7.36. The molecule has 0 amide bonds. The molecule has 0 bridgehead atoms. The third-order valence-electron chi connectivity index (χ3n) is 1.73. The van der Waals surface area contributed by atoms with E-state index in [1.165, 1.54) is 7.86 Å². The van der Waals surface area contributed by atoms with Gasteiger partial charge in [0.2, 0.25) is 0 Å². The number of ether oxygens (including phenoxy) is 2. The molecule has 2 unspecified atom stereocenters. The van der Waals surface area contributed by atoms with Gasteiger partial charge in [0.05, 0.1) is 0 Å². The number of rotatable bonds is 2. The van der Waals surface area contributed by atoms with Crippen molar-refractivity contribution in [2.24, 2.45) is 0 Å². The van der Waals surface area contributed by atoms with Crippen LogP contribution in [0.1, 0.15) is 0 Å². The fourth-order valence-corrected chi connectivity index (χ4v) is 5.34. The minimum atomic E-state index is -1.50. The van der Waals surface area contributed by atoms with Crippen LogP contribution in [-0.4, -0.2) is 46.0 Å². The topological polar surface area (TPSA) is 145 Å². The first-order chi connectivity index (χ1) is 8.34. The maximum absolute atomic E-state index is 8.36. The molecule has 1 aliphatic rings. The van der Waals surface area contributed by atoms with Crippen molar-refractivity contribution in [1.29, 1.82) is 0 Å². The molecule has 0 saturated carbocycles. The van der Waals surface area contributed by atoms with E-state index in [0.717, 1.165) is 65.5 Å². The summed E-state index contributed by atoms with van der Waals surface area (Å²) >= 11 is 1.74. The molecule has 1 heterocycles. The van der Waals surface area contributed by atoms with Crippen molar-refractivity contribution < 1.29 is 82.3 Å². The Morgan fingerprint density at radius 2 is 1.22 bits per heavy atom. The molecular formula is C6H12Hg2N2O8. The fraction of sp³-hybridized carbons (Fsp3) is 1.00. The molecule has 0 aromatic heterocycles. The Kier molecular flexibility index (Phi) is 15.5. The van der Waals surface area contributed by atoms with Crippen LogP contribution in [0.3, 0.4) is 0 Å². The molecule has 2 atom stereocenters. The molecule has 0 spiro atoms. The quantitative estimate of drug-likeness (QED) is 0.244. The van der Waals surface area contributed by atoms with E-state index >= 15 is 0 Å². The zero-order valence-corrected chi connectivity index (χ0v) is 20.6. The van der Waals surface area contributed by atoms with E-state index in [1.54, 1.807) is 0 Å². The van der Waals surface area contributed by atoms with E-state index in [2.05, 4.69) is 0 Å². The van der Waals surface area contributed by atoms with E-state index in [1.807, 2.05) is 0 Å². The minimum absolute atomic E-state index is 0.481. The van der Waals surface area contributed by atoms with Gasteiger partial charge in [-0.05, 0) is 0 Å². The van der Waals surface area contributed by atoms with E-state index in [0.29, 0.717) is 12.2 Å². The van der Waals surface area contributed by atoms with E-state index < -0.39 is 10.2 Å². The van der Waals surface area contributed by atoms with Crippen LogP contribution >= 0.6 is 0 Å². The van der Waals surface area contributed by atoms with Crippen LogP contribution < -0.4 is 0 Å². The third kappa shape index (κ3) is 16.2. The monoisotopic (exact) mass is 644 g/mol. The third-order valence-corrected chi connectivity index (χ3v) is 6.16. The van der Waals surface area contributed by atoms with Crippen LogP contribution in [0.2, 0.25) is 7.86 Å². The molecule has 1 aliphatic heterocycles. The predicted molar refractivity (Wildman–Crippen MR) is 46.7 cm³/mol. The van der Waals surface area contributed by atoms with Gasteiger partial charge in [0.1, 0.15) is 0 Å². The first-order valence-electron chi connectivity index (χ1n) is 4.83. The molecule has 12 heteroatoms. The van der Waals surface area contributed by atoms with Crippen molar-refractivity contribution in [2.45, 2.75) is 20.1 Å². The summed E-state index contributed by atoms with van der Waals surface area (Å²) in [6.07, 6.45) is 0.962. The Labute approximate surface area is 135 Å². The summed E-state index contributed by atoms with van der Waals surface area (Å²) in [7, 11) is 0. The molecule has 10 nitrogen and oxygen atoms in total. The SMILES string of the molecule is O=[N+]([O-])O.O=[N+]([O-])O.[Hg][CH2]C1OCCOC1[CH2][Hg]. The summed E-state index contributed by atoms with van der Waals surface area (Å²) in [4.78, 5) is 16.7. The van der Waals surface area contributed by atoms with Crippen molar-refractivity contribution in [1.82, 2.24) is 0 Å². The molecule has 0 aromatic carbocycles. The van der Waals surface area contributed by atoms with Crippen LogP contribution in [0.25, 0.3) is 0 Å². The Bertz CT molecular complexity index is 212. The van der Waals surface area contributed by atoms with Gasteiger partial charge >= 0.3 is 95.0 Å². The van der Waals surface area contributed by atoms with Crippen LogP contribution in [0.5, 0.6) is 0 Å². The van der Waals surface area contributed by atoms with Gasteiger partial charge in [-0.2, -0.15) is 0 Å². The van der Waals surface area contributed by atoms with Gasteiger partial charge < -0.3 is 10.4 Å². The van der Waals surface area contributed by atoms with Gasteiger partial charge in [-0.1, -0.05) is 0 Å². The Morgan fingerprint density at radius 1 is 1.00 bits per heavy atom. The number of nitrogens with zero attached hydrogens (tertiary/aromatic N) is 2. The molecule has 98 valence electrons. The van der Waals surface area contributed by atoms with Crippen molar-refractivity contribution in [3.8, 4) is 0 Å². The maximum atomic E-state index is 8.36. The molecule has 1 rings (SSSR count). The Hall–Kier alpha value is 0.190. The molecule has 0 aromatic rings. The molecular weight excluding hydrogens is 629 g/mol. The Balaban J connectivity index is 0. The zero-order valence-electron chi connectivity index (χ0n) is 9.64. The molecule has 1 saturated heterocycles. The average Bonchev–Trinajstić information content (AvgIpc) is 2.27. The molecule has 0 aliphatic carbocycles. The second-order valence-electron chi connectivity index (χ2n) is 2.87. The van der Waals surface area contributed by atoms with Gasteiger partial charge in [-0.15, -0.1) is 20.2 Å². The molecule has 18 heavy (non-hydrogen) atoms. The summed E-state index contributed by atoms with van der Waals surface area (Å²) in [6, 6.07) is 0. The first-order valence-corrected chi connectivity index (χ1v) is 12.6. The molecule has 1 fully saturated rings. The summed E-state index contributed by atoms with van der Waals surface area (Å²) in [5, 5.41) is 27.3. The van der Waals surface area contributed by atoms with Crippen LogP contribution in [0, 0.1) is 20.2 Å². The van der Waals surface area contributed by atoms with E-state index in [4.69, 9.17) is 40.1 Å². The second kappa shape index (κ2) is 13.6. The van der Waals surface area contributed by atoms with Gasteiger partial charge in [-0.3, -0.25) is 0 Å². The predicted octanol–water partition coefficient (Wildman–Crippen LogP) is 0.00520. The average molecular weight is 641 g/mol. The van der Waals surface area contributed by atoms with Gasteiger partial charge in [0.25, 0.3) is 10.2 Å². The molecule has 0 radical (unpaired) electrons.